The fourth-order valence-corrected chi connectivity index (χ4v) is 3.66. The van der Waals surface area contributed by atoms with Crippen LogP contribution in [0.2, 0.25) is 0 Å². The molecule has 2 aromatic rings. The van der Waals surface area contributed by atoms with Crippen LogP contribution in [0.4, 0.5) is 5.69 Å². The quantitative estimate of drug-likeness (QED) is 0.834. The van der Waals surface area contributed by atoms with Crippen molar-refractivity contribution in [2.24, 2.45) is 0 Å². The molecule has 0 aromatic carbocycles. The van der Waals surface area contributed by atoms with E-state index in [0.717, 1.165) is 18.7 Å². The molecule has 1 aliphatic rings. The summed E-state index contributed by atoms with van der Waals surface area (Å²) in [5.74, 6) is 0. The molecule has 6 heteroatoms. The van der Waals surface area contributed by atoms with Gasteiger partial charge in [0, 0.05) is 24.0 Å². The maximum atomic E-state index is 9.60. The summed E-state index contributed by atoms with van der Waals surface area (Å²) in [5.41, 5.74) is 2.17. The minimum absolute atomic E-state index is 0.0396. The van der Waals surface area contributed by atoms with Crippen molar-refractivity contribution in [1.29, 1.82) is 0 Å². The highest BCUT2D eigenvalue weighted by Gasteiger charge is 2.28. The summed E-state index contributed by atoms with van der Waals surface area (Å²) < 4.78 is 0. The molecular formula is C14H15N3OS2. The number of thiocarbonyl (C=S) groups is 1. The maximum Gasteiger partial charge on any atom is 0.174 e. The second kappa shape index (κ2) is 5.87. The third-order valence-electron chi connectivity index (χ3n) is 3.42. The summed E-state index contributed by atoms with van der Waals surface area (Å²) in [4.78, 5) is 7.47. The Kier molecular flexibility index (Phi) is 3.95. The van der Waals surface area contributed by atoms with Crippen LogP contribution in [0.1, 0.15) is 10.4 Å². The molecule has 0 fully saturated rings. The summed E-state index contributed by atoms with van der Waals surface area (Å²) in [7, 11) is 0. The van der Waals surface area contributed by atoms with Gasteiger partial charge in [-0.2, -0.15) is 0 Å². The summed E-state index contributed by atoms with van der Waals surface area (Å²) in [6.45, 7) is 0.850. The van der Waals surface area contributed by atoms with Gasteiger partial charge in [-0.1, -0.05) is 0 Å². The second-order valence-electron chi connectivity index (χ2n) is 4.71. The number of hydrogen-bond acceptors (Lipinski definition) is 4. The number of aliphatic hydroxyl groups excluding tert-OH is 1. The van der Waals surface area contributed by atoms with Gasteiger partial charge in [-0.3, -0.25) is 4.98 Å². The molecule has 1 atom stereocenters. The number of pyridine rings is 1. The summed E-state index contributed by atoms with van der Waals surface area (Å²) in [6.07, 6.45) is 4.31. The third-order valence-corrected chi connectivity index (χ3v) is 4.75. The zero-order valence-corrected chi connectivity index (χ0v) is 12.5. The molecule has 0 amide bonds. The van der Waals surface area contributed by atoms with Crippen molar-refractivity contribution in [1.82, 2.24) is 9.88 Å². The van der Waals surface area contributed by atoms with Crippen LogP contribution in [0.5, 0.6) is 0 Å². The number of fused-ring (bicyclic) bond motifs is 1. The SMILES string of the molecule is OC[C@@H]1Cc2sccc2CN1C(=S)Nc1cccnc1. The van der Waals surface area contributed by atoms with Gasteiger partial charge in [0.15, 0.2) is 5.11 Å². The van der Waals surface area contributed by atoms with Crippen molar-refractivity contribution in [3.05, 3.63) is 46.4 Å². The van der Waals surface area contributed by atoms with Gasteiger partial charge in [0.1, 0.15) is 0 Å². The zero-order chi connectivity index (χ0) is 13.9. The van der Waals surface area contributed by atoms with Crippen molar-refractivity contribution in [3.63, 3.8) is 0 Å². The molecule has 1 aliphatic heterocycles. The standard InChI is InChI=1S/C14H15N3OS2/c18-9-12-6-13-10(3-5-20-13)8-17(12)14(19)16-11-2-1-4-15-7-11/h1-5,7,12,18H,6,8-9H2,(H,16,19)/t12-/m0/s1. The number of anilines is 1. The van der Waals surface area contributed by atoms with Crippen LogP contribution in [0.15, 0.2) is 36.0 Å². The lowest BCUT2D eigenvalue weighted by molar-refractivity contribution is 0.169. The number of nitrogens with one attached hydrogen (secondary N) is 1. The number of nitrogens with zero attached hydrogens (tertiary/aromatic N) is 2. The van der Waals surface area contributed by atoms with Crippen LogP contribution in [0.3, 0.4) is 0 Å². The van der Waals surface area contributed by atoms with E-state index in [1.165, 1.54) is 10.4 Å². The maximum absolute atomic E-state index is 9.60. The molecule has 2 aromatic heterocycles. The van der Waals surface area contributed by atoms with E-state index in [2.05, 4.69) is 26.6 Å². The Morgan fingerprint density at radius 2 is 2.45 bits per heavy atom. The average molecular weight is 305 g/mol. The van der Waals surface area contributed by atoms with Gasteiger partial charge in [-0.25, -0.2) is 0 Å². The molecule has 20 heavy (non-hydrogen) atoms. The van der Waals surface area contributed by atoms with Crippen LogP contribution >= 0.6 is 23.6 Å². The molecule has 0 spiro atoms. The Labute approximate surface area is 127 Å². The Balaban J connectivity index is 1.77. The first kappa shape index (κ1) is 13.5. The lowest BCUT2D eigenvalue weighted by Gasteiger charge is -2.36. The third kappa shape index (κ3) is 2.67. The molecule has 4 nitrogen and oxygen atoms in total. The molecule has 3 heterocycles. The van der Waals surface area contributed by atoms with E-state index in [9.17, 15) is 5.11 Å². The van der Waals surface area contributed by atoms with E-state index in [1.807, 2.05) is 12.1 Å². The molecule has 104 valence electrons. The first-order valence-corrected chi connectivity index (χ1v) is 7.70. The van der Waals surface area contributed by atoms with Crippen molar-refractivity contribution in [2.45, 2.75) is 19.0 Å². The first-order valence-electron chi connectivity index (χ1n) is 6.41. The van der Waals surface area contributed by atoms with Crippen molar-refractivity contribution >= 4 is 34.4 Å². The zero-order valence-electron chi connectivity index (χ0n) is 10.8. The van der Waals surface area contributed by atoms with E-state index < -0.39 is 0 Å². The molecule has 0 saturated carbocycles. The Morgan fingerprint density at radius 3 is 3.20 bits per heavy atom. The number of aromatic nitrogens is 1. The van der Waals surface area contributed by atoms with Gasteiger partial charge in [-0.05, 0) is 41.4 Å². The predicted molar refractivity (Wildman–Crippen MR) is 84.9 cm³/mol. The van der Waals surface area contributed by atoms with Crippen LogP contribution in [-0.2, 0) is 13.0 Å². The van der Waals surface area contributed by atoms with E-state index in [4.69, 9.17) is 12.2 Å². The fraction of sp³-hybridized carbons (Fsp3) is 0.286. The van der Waals surface area contributed by atoms with Gasteiger partial charge in [0.25, 0.3) is 0 Å². The molecule has 0 radical (unpaired) electrons. The number of rotatable bonds is 2. The second-order valence-corrected chi connectivity index (χ2v) is 6.10. The number of aliphatic hydroxyl groups is 1. The molecular weight excluding hydrogens is 290 g/mol. The summed E-state index contributed by atoms with van der Waals surface area (Å²) in [5, 5.41) is 15.5. The normalized spacial score (nSPS) is 17.6. The first-order chi connectivity index (χ1) is 9.78. The van der Waals surface area contributed by atoms with Gasteiger partial charge >= 0.3 is 0 Å². The highest BCUT2D eigenvalue weighted by Crippen LogP contribution is 2.28. The van der Waals surface area contributed by atoms with Gasteiger partial charge in [0.2, 0.25) is 0 Å². The highest BCUT2D eigenvalue weighted by atomic mass is 32.1. The lowest BCUT2D eigenvalue weighted by atomic mass is 10.0. The van der Waals surface area contributed by atoms with E-state index in [1.54, 1.807) is 23.7 Å². The molecule has 3 rings (SSSR count). The van der Waals surface area contributed by atoms with Crippen LogP contribution < -0.4 is 5.32 Å². The molecule has 0 aliphatic carbocycles. The number of thiophene rings is 1. The van der Waals surface area contributed by atoms with Crippen molar-refractivity contribution in [2.75, 3.05) is 11.9 Å². The van der Waals surface area contributed by atoms with Crippen LogP contribution in [-0.4, -0.2) is 32.8 Å². The predicted octanol–water partition coefficient (Wildman–Crippen LogP) is 2.26. The Hall–Kier alpha value is -1.50. The van der Waals surface area contributed by atoms with Crippen molar-refractivity contribution < 1.29 is 5.11 Å². The lowest BCUT2D eigenvalue weighted by Crippen LogP contribution is -2.47. The summed E-state index contributed by atoms with van der Waals surface area (Å²) in [6, 6.07) is 5.96. The van der Waals surface area contributed by atoms with E-state index in [-0.39, 0.29) is 12.6 Å². The monoisotopic (exact) mass is 305 g/mol. The fourth-order valence-electron chi connectivity index (χ4n) is 2.36. The van der Waals surface area contributed by atoms with Crippen molar-refractivity contribution in [3.8, 4) is 0 Å². The number of hydrogen-bond donors (Lipinski definition) is 2. The minimum Gasteiger partial charge on any atom is -0.394 e. The molecule has 0 saturated heterocycles. The Morgan fingerprint density at radius 1 is 1.55 bits per heavy atom. The smallest absolute Gasteiger partial charge is 0.174 e. The van der Waals surface area contributed by atoms with Crippen LogP contribution in [0.25, 0.3) is 0 Å². The highest BCUT2D eigenvalue weighted by molar-refractivity contribution is 7.80. The van der Waals surface area contributed by atoms with E-state index in [0.29, 0.717) is 5.11 Å². The van der Waals surface area contributed by atoms with Gasteiger partial charge < -0.3 is 15.3 Å². The molecule has 0 unspecified atom stereocenters. The largest absolute Gasteiger partial charge is 0.394 e. The average Bonchev–Trinajstić information content (AvgIpc) is 2.94. The summed E-state index contributed by atoms with van der Waals surface area (Å²) >= 11 is 7.23. The topological polar surface area (TPSA) is 48.4 Å². The minimum atomic E-state index is 0.0396. The molecule has 2 N–H and O–H groups in total. The van der Waals surface area contributed by atoms with E-state index >= 15 is 0 Å². The van der Waals surface area contributed by atoms with Gasteiger partial charge in [0.05, 0.1) is 24.5 Å². The Bertz CT molecular complexity index is 599. The molecule has 0 bridgehead atoms. The van der Waals surface area contributed by atoms with Crippen LogP contribution in [0, 0.1) is 0 Å². The van der Waals surface area contributed by atoms with Gasteiger partial charge in [-0.15, -0.1) is 11.3 Å².